The molecule has 1 fully saturated rings. The summed E-state index contributed by atoms with van der Waals surface area (Å²) in [5, 5.41) is 3.48. The van der Waals surface area contributed by atoms with Gasteiger partial charge in [0, 0.05) is 11.0 Å². The van der Waals surface area contributed by atoms with Crippen molar-refractivity contribution in [3.8, 4) is 0 Å². The van der Waals surface area contributed by atoms with Crippen molar-refractivity contribution < 1.29 is 0 Å². The fourth-order valence-corrected chi connectivity index (χ4v) is 2.76. The topological polar surface area (TPSA) is 38.0 Å². The Bertz CT molecular complexity index is 370. The SMILES string of the molecule is CC1(CNc2cc(Br)ccc2N)CCCC1. The molecular formula is C13H19BrN2. The second-order valence-electron chi connectivity index (χ2n) is 5.10. The van der Waals surface area contributed by atoms with Crippen LogP contribution < -0.4 is 11.1 Å². The molecule has 0 atom stereocenters. The first-order valence-electron chi connectivity index (χ1n) is 5.88. The molecule has 2 rings (SSSR count). The van der Waals surface area contributed by atoms with E-state index in [1.165, 1.54) is 25.7 Å². The predicted octanol–water partition coefficient (Wildman–Crippen LogP) is 4.02. The van der Waals surface area contributed by atoms with Gasteiger partial charge in [0.15, 0.2) is 0 Å². The van der Waals surface area contributed by atoms with E-state index in [2.05, 4.69) is 28.2 Å². The van der Waals surface area contributed by atoms with Crippen molar-refractivity contribution in [3.05, 3.63) is 22.7 Å². The molecule has 1 aromatic rings. The molecule has 88 valence electrons. The molecule has 3 heteroatoms. The highest BCUT2D eigenvalue weighted by atomic mass is 79.9. The van der Waals surface area contributed by atoms with Crippen LogP contribution in [0.3, 0.4) is 0 Å². The molecule has 0 bridgehead atoms. The van der Waals surface area contributed by atoms with Crippen LogP contribution in [-0.4, -0.2) is 6.54 Å². The number of rotatable bonds is 3. The van der Waals surface area contributed by atoms with Crippen LogP contribution in [0.15, 0.2) is 22.7 Å². The van der Waals surface area contributed by atoms with Crippen LogP contribution in [0.25, 0.3) is 0 Å². The zero-order chi connectivity index (χ0) is 11.6. The van der Waals surface area contributed by atoms with Crippen molar-refractivity contribution in [1.29, 1.82) is 0 Å². The molecule has 2 nitrogen and oxygen atoms in total. The lowest BCUT2D eigenvalue weighted by molar-refractivity contribution is 0.362. The van der Waals surface area contributed by atoms with Gasteiger partial charge < -0.3 is 11.1 Å². The Balaban J connectivity index is 2.01. The van der Waals surface area contributed by atoms with Crippen molar-refractivity contribution in [2.45, 2.75) is 32.6 Å². The standard InChI is InChI=1S/C13H19BrN2/c1-13(6-2-3-7-13)9-16-12-8-10(14)4-5-11(12)15/h4-5,8,16H,2-3,6-7,9,15H2,1H3. The van der Waals surface area contributed by atoms with E-state index in [-0.39, 0.29) is 0 Å². The molecule has 1 saturated carbocycles. The van der Waals surface area contributed by atoms with Gasteiger partial charge in [-0.1, -0.05) is 35.7 Å². The van der Waals surface area contributed by atoms with Crippen molar-refractivity contribution >= 4 is 27.3 Å². The summed E-state index contributed by atoms with van der Waals surface area (Å²) in [6.07, 6.45) is 5.39. The molecular weight excluding hydrogens is 264 g/mol. The fraction of sp³-hybridized carbons (Fsp3) is 0.538. The first-order valence-corrected chi connectivity index (χ1v) is 6.67. The fourth-order valence-electron chi connectivity index (χ4n) is 2.40. The van der Waals surface area contributed by atoms with Crippen LogP contribution in [0.4, 0.5) is 11.4 Å². The average Bonchev–Trinajstić information content (AvgIpc) is 2.67. The number of nitrogens with two attached hydrogens (primary N) is 1. The Morgan fingerprint density at radius 1 is 1.38 bits per heavy atom. The van der Waals surface area contributed by atoms with E-state index in [1.807, 2.05) is 18.2 Å². The third-order valence-corrected chi connectivity index (χ3v) is 4.02. The van der Waals surface area contributed by atoms with E-state index in [0.717, 1.165) is 22.4 Å². The summed E-state index contributed by atoms with van der Waals surface area (Å²) in [5.74, 6) is 0. The first-order chi connectivity index (χ1) is 7.59. The van der Waals surface area contributed by atoms with E-state index >= 15 is 0 Å². The van der Waals surface area contributed by atoms with Gasteiger partial charge in [-0.25, -0.2) is 0 Å². The highest BCUT2D eigenvalue weighted by Crippen LogP contribution is 2.38. The van der Waals surface area contributed by atoms with Crippen LogP contribution in [-0.2, 0) is 0 Å². The third-order valence-electron chi connectivity index (χ3n) is 3.53. The Morgan fingerprint density at radius 2 is 2.06 bits per heavy atom. The minimum absolute atomic E-state index is 0.453. The minimum Gasteiger partial charge on any atom is -0.397 e. The quantitative estimate of drug-likeness (QED) is 0.822. The monoisotopic (exact) mass is 282 g/mol. The van der Waals surface area contributed by atoms with Crippen LogP contribution >= 0.6 is 15.9 Å². The maximum atomic E-state index is 5.93. The molecule has 1 aromatic carbocycles. The number of benzene rings is 1. The van der Waals surface area contributed by atoms with Gasteiger partial charge in [-0.05, 0) is 36.5 Å². The normalized spacial score (nSPS) is 18.6. The van der Waals surface area contributed by atoms with Gasteiger partial charge in [0.1, 0.15) is 0 Å². The summed E-state index contributed by atoms with van der Waals surface area (Å²) in [4.78, 5) is 0. The lowest BCUT2D eigenvalue weighted by Gasteiger charge is -2.25. The molecule has 0 amide bonds. The Hall–Kier alpha value is -0.700. The Morgan fingerprint density at radius 3 is 2.75 bits per heavy atom. The highest BCUT2D eigenvalue weighted by molar-refractivity contribution is 9.10. The van der Waals surface area contributed by atoms with Gasteiger partial charge >= 0.3 is 0 Å². The van der Waals surface area contributed by atoms with Gasteiger partial charge in [-0.2, -0.15) is 0 Å². The second-order valence-corrected chi connectivity index (χ2v) is 6.02. The molecule has 0 radical (unpaired) electrons. The van der Waals surface area contributed by atoms with Gasteiger partial charge in [-0.15, -0.1) is 0 Å². The van der Waals surface area contributed by atoms with Crippen LogP contribution in [0.5, 0.6) is 0 Å². The molecule has 0 saturated heterocycles. The van der Waals surface area contributed by atoms with Crippen molar-refractivity contribution in [3.63, 3.8) is 0 Å². The second kappa shape index (κ2) is 4.66. The predicted molar refractivity (Wildman–Crippen MR) is 73.6 cm³/mol. The highest BCUT2D eigenvalue weighted by Gasteiger charge is 2.28. The maximum absolute atomic E-state index is 5.93. The third kappa shape index (κ3) is 2.70. The van der Waals surface area contributed by atoms with Crippen molar-refractivity contribution in [1.82, 2.24) is 0 Å². The molecule has 1 aliphatic carbocycles. The largest absolute Gasteiger partial charge is 0.397 e. The van der Waals surface area contributed by atoms with E-state index < -0.39 is 0 Å². The van der Waals surface area contributed by atoms with Gasteiger partial charge in [0.25, 0.3) is 0 Å². The molecule has 0 spiro atoms. The Kier molecular flexibility index (Phi) is 3.43. The van der Waals surface area contributed by atoms with E-state index in [1.54, 1.807) is 0 Å². The van der Waals surface area contributed by atoms with Crippen molar-refractivity contribution in [2.24, 2.45) is 5.41 Å². The number of nitrogens with one attached hydrogen (secondary N) is 1. The average molecular weight is 283 g/mol. The number of halogens is 1. The maximum Gasteiger partial charge on any atom is 0.0585 e. The van der Waals surface area contributed by atoms with Crippen LogP contribution in [0.2, 0.25) is 0 Å². The van der Waals surface area contributed by atoms with Crippen LogP contribution in [0.1, 0.15) is 32.6 Å². The van der Waals surface area contributed by atoms with E-state index in [4.69, 9.17) is 5.73 Å². The number of hydrogen-bond acceptors (Lipinski definition) is 2. The molecule has 1 aliphatic rings. The Labute approximate surface area is 106 Å². The summed E-state index contributed by atoms with van der Waals surface area (Å²) < 4.78 is 1.07. The molecule has 0 heterocycles. The van der Waals surface area contributed by atoms with E-state index in [9.17, 15) is 0 Å². The smallest absolute Gasteiger partial charge is 0.0585 e. The lowest BCUT2D eigenvalue weighted by Crippen LogP contribution is -2.23. The molecule has 16 heavy (non-hydrogen) atoms. The molecule has 0 unspecified atom stereocenters. The van der Waals surface area contributed by atoms with E-state index in [0.29, 0.717) is 5.41 Å². The van der Waals surface area contributed by atoms with Gasteiger partial charge in [-0.3, -0.25) is 0 Å². The summed E-state index contributed by atoms with van der Waals surface area (Å²) in [5.41, 5.74) is 8.25. The molecule has 3 N–H and O–H groups in total. The minimum atomic E-state index is 0.453. The van der Waals surface area contributed by atoms with Gasteiger partial charge in [0.05, 0.1) is 11.4 Å². The molecule has 0 aromatic heterocycles. The summed E-state index contributed by atoms with van der Waals surface area (Å²) in [6.45, 7) is 3.38. The number of anilines is 2. The number of hydrogen-bond donors (Lipinski definition) is 2. The summed E-state index contributed by atoms with van der Waals surface area (Å²) >= 11 is 3.47. The van der Waals surface area contributed by atoms with Crippen molar-refractivity contribution in [2.75, 3.05) is 17.6 Å². The van der Waals surface area contributed by atoms with Gasteiger partial charge in [0.2, 0.25) is 0 Å². The lowest BCUT2D eigenvalue weighted by atomic mass is 9.89. The zero-order valence-corrected chi connectivity index (χ0v) is 11.3. The summed E-state index contributed by atoms with van der Waals surface area (Å²) in [6, 6.07) is 5.95. The van der Waals surface area contributed by atoms with Crippen LogP contribution in [0, 0.1) is 5.41 Å². The number of nitrogen functional groups attached to an aromatic ring is 1. The molecule has 0 aliphatic heterocycles. The first kappa shape index (κ1) is 11.8. The zero-order valence-electron chi connectivity index (χ0n) is 9.72. The summed E-state index contributed by atoms with van der Waals surface area (Å²) in [7, 11) is 0.